The van der Waals surface area contributed by atoms with Crippen LogP contribution in [-0.2, 0) is 18.9 Å². The number of pyridine rings is 2. The first-order chi connectivity index (χ1) is 13.2. The summed E-state index contributed by atoms with van der Waals surface area (Å²) in [5, 5.41) is 18.6. The zero-order valence-corrected chi connectivity index (χ0v) is 15.9. The van der Waals surface area contributed by atoms with Crippen molar-refractivity contribution in [2.75, 3.05) is 0 Å². The third-order valence-electron chi connectivity index (χ3n) is 3.80. The van der Waals surface area contributed by atoms with E-state index >= 15 is 0 Å². The first-order valence-electron chi connectivity index (χ1n) is 7.46. The van der Waals surface area contributed by atoms with Gasteiger partial charge in [0.15, 0.2) is 0 Å². The van der Waals surface area contributed by atoms with Crippen LogP contribution in [0.1, 0.15) is 21.0 Å². The summed E-state index contributed by atoms with van der Waals surface area (Å²) in [4.78, 5) is 30.2. The van der Waals surface area contributed by atoms with Crippen LogP contribution in [0.3, 0.4) is 0 Å². The summed E-state index contributed by atoms with van der Waals surface area (Å²) in [6, 6.07) is 4.49. The first kappa shape index (κ1) is 19.7. The van der Waals surface area contributed by atoms with Crippen molar-refractivity contribution in [1.82, 2.24) is 9.97 Å². The van der Waals surface area contributed by atoms with Gasteiger partial charge in [0.25, 0.3) is 0 Å². The average Bonchev–Trinajstić information content (AvgIpc) is 2.66. The molecule has 3 aromatic rings. The molecule has 6 nitrogen and oxygen atoms in total. The average molecular weight is 565 g/mol. The molecule has 0 radical (unpaired) electrons. The number of aromatic carboxylic acids is 2. The number of rotatable bonds is 4. The molecule has 0 spiro atoms. The maximum absolute atomic E-state index is 14.8. The van der Waals surface area contributed by atoms with Gasteiger partial charge in [-0.2, -0.15) is 0 Å². The third-order valence-corrected chi connectivity index (χ3v) is 5.01. The number of halogens is 3. The molecule has 0 aliphatic heterocycles. The van der Waals surface area contributed by atoms with E-state index in [1.54, 1.807) is 0 Å². The Morgan fingerprint density at radius 1 is 0.857 bits per heavy atom. The van der Waals surface area contributed by atoms with E-state index in [9.17, 15) is 33.0 Å². The Kier molecular flexibility index (Phi) is 5.26. The van der Waals surface area contributed by atoms with E-state index < -0.39 is 40.6 Å². The van der Waals surface area contributed by atoms with Gasteiger partial charge in [-0.15, -0.1) is 0 Å². The standard InChI is InChI=1S/C18H8F3N2O4.Ir/c19-11-7-10(8-3-5-22-12(6-8)17(24)25)13(15(21)14(11)20)9-2-1-4-23-16(9)18(26)27;/h1-5,7H,(H,24,25)(H,26,27);. The Morgan fingerprint density at radius 2 is 1.50 bits per heavy atom. The van der Waals surface area contributed by atoms with Gasteiger partial charge in [-0.3, -0.25) is 0 Å². The number of hydrogen-bond acceptors (Lipinski definition) is 4. The fourth-order valence-electron chi connectivity index (χ4n) is 2.63. The molecule has 0 saturated heterocycles. The molecular formula is C18H8F3IrN2O4. The molecule has 10 heteroatoms. The molecular weight excluding hydrogens is 557 g/mol. The summed E-state index contributed by atoms with van der Waals surface area (Å²) >= 11 is 1.37. The fourth-order valence-corrected chi connectivity index (χ4v) is 3.56. The number of carboxylic acid groups (broad SMARTS) is 2. The molecule has 1 aromatic carbocycles. The first-order valence-corrected chi connectivity index (χ1v) is 8.65. The van der Waals surface area contributed by atoms with Crippen LogP contribution in [0.5, 0.6) is 0 Å². The normalized spacial score (nSPS) is 10.8. The predicted octanol–water partition coefficient (Wildman–Crippen LogP) is 2.80. The molecule has 2 N–H and O–H groups in total. The zero-order chi connectivity index (χ0) is 20.6. The number of carbonyl (C=O) groups is 2. The van der Waals surface area contributed by atoms with Gasteiger partial charge >= 0.3 is 166 Å². The third kappa shape index (κ3) is 3.28. The quantitative estimate of drug-likeness (QED) is 0.472. The van der Waals surface area contributed by atoms with E-state index in [2.05, 4.69) is 9.97 Å². The van der Waals surface area contributed by atoms with Crippen LogP contribution in [0.4, 0.5) is 13.2 Å². The van der Waals surface area contributed by atoms with Crippen molar-refractivity contribution in [1.29, 1.82) is 0 Å². The van der Waals surface area contributed by atoms with E-state index in [0.29, 0.717) is 6.07 Å². The SMILES string of the molecule is O=C(O)c1ncccc1-c1c(-c2ccnc(C(=O)O)[c]2[Ir])cc(F)c(F)c1F. The number of carboxylic acids is 2. The topological polar surface area (TPSA) is 100 Å². The Labute approximate surface area is 165 Å². The summed E-state index contributed by atoms with van der Waals surface area (Å²) in [6.07, 6.45) is 2.28. The molecule has 0 aliphatic carbocycles. The molecule has 0 amide bonds. The Balaban J connectivity index is 2.45. The molecule has 2 aromatic heterocycles. The number of aromatic nitrogens is 2. The van der Waals surface area contributed by atoms with Crippen LogP contribution in [0.25, 0.3) is 22.3 Å². The van der Waals surface area contributed by atoms with Gasteiger partial charge in [-0.1, -0.05) is 0 Å². The van der Waals surface area contributed by atoms with Crippen LogP contribution in [0.2, 0.25) is 0 Å². The molecule has 0 bridgehead atoms. The van der Waals surface area contributed by atoms with E-state index in [1.165, 1.54) is 37.1 Å². The van der Waals surface area contributed by atoms with Gasteiger partial charge in [0, 0.05) is 0 Å². The van der Waals surface area contributed by atoms with Gasteiger partial charge in [-0.25, -0.2) is 0 Å². The van der Waals surface area contributed by atoms with Crippen molar-refractivity contribution < 1.29 is 51.9 Å². The number of hydrogen-bond donors (Lipinski definition) is 2. The minimum atomic E-state index is -1.79. The van der Waals surface area contributed by atoms with Gasteiger partial charge in [0.1, 0.15) is 0 Å². The van der Waals surface area contributed by atoms with Gasteiger partial charge in [0.05, 0.1) is 0 Å². The maximum atomic E-state index is 14.8. The number of benzene rings is 1. The van der Waals surface area contributed by atoms with Crippen molar-refractivity contribution >= 4 is 16.0 Å². The zero-order valence-electron chi connectivity index (χ0n) is 13.5. The van der Waals surface area contributed by atoms with Crippen molar-refractivity contribution in [2.45, 2.75) is 0 Å². The van der Waals surface area contributed by atoms with E-state index in [1.807, 2.05) is 0 Å². The van der Waals surface area contributed by atoms with Crippen molar-refractivity contribution in [3.05, 3.63) is 65.5 Å². The molecule has 3 rings (SSSR count). The van der Waals surface area contributed by atoms with Gasteiger partial charge < -0.3 is 0 Å². The molecule has 0 saturated carbocycles. The number of nitrogens with zero attached hydrogens (tertiary/aromatic N) is 2. The Morgan fingerprint density at radius 3 is 2.14 bits per heavy atom. The minimum absolute atomic E-state index is 0.0559. The van der Waals surface area contributed by atoms with Crippen LogP contribution in [0.15, 0.2) is 36.7 Å². The monoisotopic (exact) mass is 566 g/mol. The molecule has 0 unspecified atom stereocenters. The Hall–Kier alpha value is -3.10. The summed E-state index contributed by atoms with van der Waals surface area (Å²) in [5.74, 6) is -7.77. The van der Waals surface area contributed by atoms with Crippen molar-refractivity contribution in [2.24, 2.45) is 0 Å². The van der Waals surface area contributed by atoms with E-state index in [-0.39, 0.29) is 26.5 Å². The summed E-state index contributed by atoms with van der Waals surface area (Å²) in [5.41, 5.74) is -1.93. The summed E-state index contributed by atoms with van der Waals surface area (Å²) in [6.45, 7) is 0. The van der Waals surface area contributed by atoms with Crippen LogP contribution >= 0.6 is 0 Å². The molecule has 144 valence electrons. The van der Waals surface area contributed by atoms with Crippen LogP contribution < -0.4 is 4.08 Å². The van der Waals surface area contributed by atoms with Gasteiger partial charge in [0.2, 0.25) is 0 Å². The second kappa shape index (κ2) is 7.49. The Bertz CT molecular complexity index is 1140. The molecule has 0 atom stereocenters. The molecule has 2 heterocycles. The van der Waals surface area contributed by atoms with Gasteiger partial charge in [-0.05, 0) is 0 Å². The molecule has 0 fully saturated rings. The van der Waals surface area contributed by atoms with Crippen LogP contribution in [-0.4, -0.2) is 32.1 Å². The van der Waals surface area contributed by atoms with Crippen LogP contribution in [0, 0.1) is 17.5 Å². The predicted molar refractivity (Wildman–Crippen MR) is 86.3 cm³/mol. The second-order valence-electron chi connectivity index (χ2n) is 5.42. The van der Waals surface area contributed by atoms with E-state index in [0.717, 1.165) is 12.4 Å². The summed E-state index contributed by atoms with van der Waals surface area (Å²) in [7, 11) is 0. The van der Waals surface area contributed by atoms with Crippen molar-refractivity contribution in [3.8, 4) is 22.3 Å². The molecule has 0 aliphatic rings. The fraction of sp³-hybridized carbons (Fsp3) is 0. The summed E-state index contributed by atoms with van der Waals surface area (Å²) < 4.78 is 42.8. The van der Waals surface area contributed by atoms with E-state index in [4.69, 9.17) is 0 Å². The molecule has 28 heavy (non-hydrogen) atoms. The second-order valence-corrected chi connectivity index (χ2v) is 6.62. The van der Waals surface area contributed by atoms with Crippen molar-refractivity contribution in [3.63, 3.8) is 0 Å².